The van der Waals surface area contributed by atoms with Gasteiger partial charge in [-0.05, 0) is 19.4 Å². The van der Waals surface area contributed by atoms with Crippen LogP contribution < -0.4 is 0 Å². The van der Waals surface area contributed by atoms with Gasteiger partial charge in [0.2, 0.25) is 5.84 Å². The number of nitro groups is 1. The number of pyridine rings is 1. The summed E-state index contributed by atoms with van der Waals surface area (Å²) in [6.45, 7) is 1.37. The van der Waals surface area contributed by atoms with Crippen molar-refractivity contribution >= 4 is 17.2 Å². The van der Waals surface area contributed by atoms with Crippen LogP contribution in [-0.4, -0.2) is 40.9 Å². The second kappa shape index (κ2) is 7.57. The molecule has 138 valence electrons. The van der Waals surface area contributed by atoms with E-state index in [-0.39, 0.29) is 16.9 Å². The molecule has 0 N–H and O–H groups in total. The number of alkyl halides is 6. The van der Waals surface area contributed by atoms with E-state index in [1.807, 2.05) is 0 Å². The van der Waals surface area contributed by atoms with Gasteiger partial charge in [0.05, 0.1) is 4.92 Å². The lowest BCUT2D eigenvalue weighted by Gasteiger charge is -2.12. The highest BCUT2D eigenvalue weighted by Crippen LogP contribution is 2.25. The Morgan fingerprint density at radius 3 is 2.24 bits per heavy atom. The van der Waals surface area contributed by atoms with Crippen molar-refractivity contribution in [3.8, 4) is 0 Å². The molecule has 0 aliphatic heterocycles. The third-order valence-corrected chi connectivity index (χ3v) is 2.99. The van der Waals surface area contributed by atoms with E-state index in [4.69, 9.17) is 0 Å². The fourth-order valence-electron chi connectivity index (χ4n) is 1.81. The highest BCUT2D eigenvalue weighted by molar-refractivity contribution is 6.02. The molecule has 1 heterocycles. The minimum atomic E-state index is -5.12. The second-order valence-electron chi connectivity index (χ2n) is 4.82. The van der Waals surface area contributed by atoms with Gasteiger partial charge in [-0.25, -0.2) is 4.99 Å². The molecule has 6 nitrogen and oxygen atoms in total. The fraction of sp³-hybridized carbons (Fsp3) is 0.462. The summed E-state index contributed by atoms with van der Waals surface area (Å²) in [5.41, 5.74) is -1.75. The molecule has 0 unspecified atom stereocenters. The van der Waals surface area contributed by atoms with E-state index in [9.17, 15) is 36.5 Å². The number of aryl methyl sites for hydroxylation is 2. The van der Waals surface area contributed by atoms with Crippen molar-refractivity contribution in [3.63, 3.8) is 0 Å². The standard InChI is InChI=1S/C13H12F6N4O2/c1-7-5-8(21-6-9(7)23(24)25)3-4-10(12(14,15)16)22-11(20-2)13(17,18)19/h5-6H,3-4H2,1-2H3. The summed E-state index contributed by atoms with van der Waals surface area (Å²) in [6.07, 6.45) is -10.6. The Kier molecular flexibility index (Phi) is 6.21. The molecule has 25 heavy (non-hydrogen) atoms. The van der Waals surface area contributed by atoms with E-state index in [1.165, 1.54) is 13.0 Å². The van der Waals surface area contributed by atoms with E-state index in [1.54, 1.807) is 0 Å². The van der Waals surface area contributed by atoms with E-state index in [0.717, 1.165) is 6.20 Å². The quantitative estimate of drug-likeness (QED) is 0.266. The van der Waals surface area contributed by atoms with Gasteiger partial charge in [0, 0.05) is 24.7 Å². The van der Waals surface area contributed by atoms with Crippen LogP contribution >= 0.6 is 0 Å². The lowest BCUT2D eigenvalue weighted by molar-refractivity contribution is -0.385. The molecule has 1 aromatic heterocycles. The lowest BCUT2D eigenvalue weighted by atomic mass is 10.1. The van der Waals surface area contributed by atoms with E-state index >= 15 is 0 Å². The molecule has 0 bridgehead atoms. The number of nitrogens with zero attached hydrogens (tertiary/aromatic N) is 4. The van der Waals surface area contributed by atoms with E-state index < -0.39 is 41.7 Å². The van der Waals surface area contributed by atoms with Crippen molar-refractivity contribution in [1.82, 2.24) is 4.98 Å². The Labute approximate surface area is 137 Å². The number of rotatable bonds is 4. The van der Waals surface area contributed by atoms with Crippen LogP contribution in [0, 0.1) is 17.0 Å². The highest BCUT2D eigenvalue weighted by atomic mass is 19.4. The largest absolute Gasteiger partial charge is 0.451 e. The molecular formula is C13H12F6N4O2. The summed E-state index contributed by atoms with van der Waals surface area (Å²) in [6, 6.07) is 1.20. The van der Waals surface area contributed by atoms with Gasteiger partial charge in [-0.1, -0.05) is 0 Å². The lowest BCUT2D eigenvalue weighted by Crippen LogP contribution is -2.29. The fourth-order valence-corrected chi connectivity index (χ4v) is 1.81. The second-order valence-corrected chi connectivity index (χ2v) is 4.82. The minimum Gasteiger partial charge on any atom is -0.266 e. The first-order chi connectivity index (χ1) is 11.4. The molecule has 0 spiro atoms. The van der Waals surface area contributed by atoms with Crippen molar-refractivity contribution in [2.45, 2.75) is 32.1 Å². The van der Waals surface area contributed by atoms with Crippen molar-refractivity contribution < 1.29 is 31.3 Å². The van der Waals surface area contributed by atoms with Crippen molar-refractivity contribution in [1.29, 1.82) is 0 Å². The number of hydrogen-bond acceptors (Lipinski definition) is 4. The van der Waals surface area contributed by atoms with Gasteiger partial charge in [0.25, 0.3) is 5.69 Å². The van der Waals surface area contributed by atoms with Crippen molar-refractivity contribution in [2.24, 2.45) is 9.98 Å². The molecule has 0 saturated carbocycles. The number of hydrogen-bond donors (Lipinski definition) is 0. The van der Waals surface area contributed by atoms with Gasteiger partial charge >= 0.3 is 12.4 Å². The summed E-state index contributed by atoms with van der Waals surface area (Å²) in [5, 5.41) is 10.7. The molecule has 0 radical (unpaired) electrons. The summed E-state index contributed by atoms with van der Waals surface area (Å²) in [7, 11) is 0.682. The van der Waals surface area contributed by atoms with Crippen molar-refractivity contribution in [2.75, 3.05) is 7.05 Å². The van der Waals surface area contributed by atoms with Gasteiger partial charge < -0.3 is 0 Å². The zero-order chi connectivity index (χ0) is 19.4. The van der Waals surface area contributed by atoms with Crippen LogP contribution in [0.4, 0.5) is 32.0 Å². The smallest absolute Gasteiger partial charge is 0.266 e. The van der Waals surface area contributed by atoms with Crippen LogP contribution in [0.2, 0.25) is 0 Å². The summed E-state index contributed by atoms with van der Waals surface area (Å²) >= 11 is 0. The van der Waals surface area contributed by atoms with Crippen LogP contribution in [0.25, 0.3) is 0 Å². The van der Waals surface area contributed by atoms with E-state index in [0.29, 0.717) is 7.05 Å². The SMILES string of the molecule is CN=C(N=C(CCc1cc(C)c([N+](=O)[O-])cn1)C(F)(F)F)C(F)(F)F. The number of aliphatic imine (C=N–C) groups is 2. The molecule has 0 saturated heterocycles. The first-order valence-electron chi connectivity index (χ1n) is 6.65. The maximum Gasteiger partial charge on any atom is 0.451 e. The first kappa shape index (κ1) is 20.5. The van der Waals surface area contributed by atoms with Crippen LogP contribution in [0.1, 0.15) is 17.7 Å². The topological polar surface area (TPSA) is 80.8 Å². The summed E-state index contributed by atoms with van der Waals surface area (Å²) in [5.74, 6) is -1.90. The van der Waals surface area contributed by atoms with Crippen molar-refractivity contribution in [3.05, 3.63) is 33.6 Å². The minimum absolute atomic E-state index is 0.0574. The normalized spacial score (nSPS) is 13.9. The monoisotopic (exact) mass is 370 g/mol. The first-order valence-corrected chi connectivity index (χ1v) is 6.65. The number of halogens is 6. The van der Waals surface area contributed by atoms with Gasteiger partial charge in [-0.2, -0.15) is 26.3 Å². The molecule has 0 aliphatic carbocycles. The summed E-state index contributed by atoms with van der Waals surface area (Å²) in [4.78, 5) is 18.9. The van der Waals surface area contributed by atoms with Gasteiger partial charge in [-0.3, -0.25) is 20.1 Å². The van der Waals surface area contributed by atoms with E-state index in [2.05, 4.69) is 15.0 Å². The molecule has 1 rings (SSSR count). The molecule has 1 aromatic rings. The predicted octanol–water partition coefficient (Wildman–Crippen LogP) is 3.82. The van der Waals surface area contributed by atoms with Crippen LogP contribution in [-0.2, 0) is 6.42 Å². The van der Waals surface area contributed by atoms with Gasteiger partial charge in [-0.15, -0.1) is 0 Å². The van der Waals surface area contributed by atoms with Crippen LogP contribution in [0.5, 0.6) is 0 Å². The maximum absolute atomic E-state index is 12.9. The average molecular weight is 370 g/mol. The molecule has 0 amide bonds. The third kappa shape index (κ3) is 5.80. The predicted molar refractivity (Wildman–Crippen MR) is 76.9 cm³/mol. The Bertz CT molecular complexity index is 709. The molecule has 0 aliphatic rings. The molecule has 0 atom stereocenters. The zero-order valence-corrected chi connectivity index (χ0v) is 12.9. The van der Waals surface area contributed by atoms with Crippen LogP contribution in [0.3, 0.4) is 0 Å². The zero-order valence-electron chi connectivity index (χ0n) is 12.9. The Morgan fingerprint density at radius 2 is 1.84 bits per heavy atom. The summed E-state index contributed by atoms with van der Waals surface area (Å²) < 4.78 is 76.3. The maximum atomic E-state index is 12.9. The molecule has 0 aromatic carbocycles. The highest BCUT2D eigenvalue weighted by Gasteiger charge is 2.40. The molecule has 12 heteroatoms. The average Bonchev–Trinajstić information content (AvgIpc) is 2.44. The number of amidine groups is 1. The van der Waals surface area contributed by atoms with Gasteiger partial charge in [0.15, 0.2) is 0 Å². The third-order valence-electron chi connectivity index (χ3n) is 2.99. The molecule has 0 fully saturated rings. The Hall–Kier alpha value is -2.53. The Morgan fingerprint density at radius 1 is 1.24 bits per heavy atom. The number of aromatic nitrogens is 1. The Balaban J connectivity index is 3.06. The molecular weight excluding hydrogens is 358 g/mol. The van der Waals surface area contributed by atoms with Gasteiger partial charge in [0.1, 0.15) is 11.9 Å². The van der Waals surface area contributed by atoms with Crippen LogP contribution in [0.15, 0.2) is 22.2 Å².